The van der Waals surface area contributed by atoms with Crippen molar-refractivity contribution in [3.8, 4) is 11.5 Å². The molecule has 1 aromatic rings. The topological polar surface area (TPSA) is 64.1 Å². The Labute approximate surface area is 173 Å². The molecule has 0 aliphatic carbocycles. The molecule has 0 spiro atoms. The van der Waals surface area contributed by atoms with Gasteiger partial charge in [0, 0.05) is 19.2 Å². The van der Waals surface area contributed by atoms with E-state index in [0.29, 0.717) is 0 Å². The smallest absolute Gasteiger partial charge is 0.191 e. The van der Waals surface area contributed by atoms with Gasteiger partial charge < -0.3 is 24.8 Å². The Morgan fingerprint density at radius 1 is 1.31 bits per heavy atom. The second-order valence-electron chi connectivity index (χ2n) is 5.91. The third-order valence-corrected chi connectivity index (χ3v) is 4.28. The van der Waals surface area contributed by atoms with Crippen LogP contribution in [-0.4, -0.2) is 47.0 Å². The van der Waals surface area contributed by atoms with Gasteiger partial charge in [-0.15, -0.1) is 24.0 Å². The number of methoxy groups -OCH3 is 2. The molecule has 1 aliphatic rings. The van der Waals surface area contributed by atoms with Crippen molar-refractivity contribution in [2.75, 3.05) is 41.0 Å². The van der Waals surface area contributed by atoms with Crippen molar-refractivity contribution < 1.29 is 14.2 Å². The highest BCUT2D eigenvalue weighted by Gasteiger charge is 2.14. The van der Waals surface area contributed by atoms with Crippen LogP contribution < -0.4 is 20.1 Å². The highest BCUT2D eigenvalue weighted by atomic mass is 127. The summed E-state index contributed by atoms with van der Waals surface area (Å²) in [5, 5.41) is 6.77. The highest BCUT2D eigenvalue weighted by molar-refractivity contribution is 14.0. The fraction of sp³-hybridized carbons (Fsp3) is 0.526. The monoisotopic (exact) mass is 475 g/mol. The first-order valence-corrected chi connectivity index (χ1v) is 8.62. The van der Waals surface area contributed by atoms with Crippen LogP contribution in [0, 0.1) is 0 Å². The van der Waals surface area contributed by atoms with Gasteiger partial charge in [-0.3, -0.25) is 4.99 Å². The summed E-state index contributed by atoms with van der Waals surface area (Å²) < 4.78 is 16.1. The predicted molar refractivity (Wildman–Crippen MR) is 116 cm³/mol. The number of nitrogens with one attached hydrogen (secondary N) is 2. The van der Waals surface area contributed by atoms with E-state index in [9.17, 15) is 0 Å². The zero-order valence-electron chi connectivity index (χ0n) is 16.0. The lowest BCUT2D eigenvalue weighted by Gasteiger charge is -2.21. The van der Waals surface area contributed by atoms with E-state index in [-0.39, 0.29) is 30.0 Å². The molecule has 1 unspecified atom stereocenters. The third kappa shape index (κ3) is 6.68. The lowest BCUT2D eigenvalue weighted by atomic mass is 10.1. The van der Waals surface area contributed by atoms with Crippen LogP contribution in [0.3, 0.4) is 0 Å². The number of halogens is 1. The minimum absolute atomic E-state index is 0. The largest absolute Gasteiger partial charge is 0.497 e. The second kappa shape index (κ2) is 12.0. The lowest BCUT2D eigenvalue weighted by Crippen LogP contribution is -2.39. The fourth-order valence-corrected chi connectivity index (χ4v) is 2.79. The second-order valence-corrected chi connectivity index (χ2v) is 5.91. The molecule has 1 aromatic carbocycles. The number of hydrogen-bond acceptors (Lipinski definition) is 4. The Balaban J connectivity index is 0.00000338. The van der Waals surface area contributed by atoms with Crippen molar-refractivity contribution in [1.82, 2.24) is 10.6 Å². The molecule has 26 heavy (non-hydrogen) atoms. The van der Waals surface area contributed by atoms with Gasteiger partial charge in [0.05, 0.1) is 33.5 Å². The SMILES string of the molecule is CN=C(NCCC1=CCOCC1)NC(C)c1cc(OC)ccc1OC.I. The zero-order valence-corrected chi connectivity index (χ0v) is 18.3. The summed E-state index contributed by atoms with van der Waals surface area (Å²) in [6, 6.07) is 5.82. The average molecular weight is 475 g/mol. The van der Waals surface area contributed by atoms with Gasteiger partial charge in [0.15, 0.2) is 5.96 Å². The summed E-state index contributed by atoms with van der Waals surface area (Å²) >= 11 is 0. The number of guanidine groups is 1. The number of aliphatic imine (C=N–C) groups is 1. The van der Waals surface area contributed by atoms with E-state index in [4.69, 9.17) is 14.2 Å². The summed E-state index contributed by atoms with van der Waals surface area (Å²) in [5.74, 6) is 2.40. The fourth-order valence-electron chi connectivity index (χ4n) is 2.79. The Morgan fingerprint density at radius 2 is 2.12 bits per heavy atom. The van der Waals surface area contributed by atoms with Gasteiger partial charge in [-0.05, 0) is 38.0 Å². The molecule has 0 saturated heterocycles. The standard InChI is InChI=1S/C19H29N3O3.HI/c1-14(17-13-16(23-3)5-6-18(17)24-4)22-19(20-2)21-10-7-15-8-11-25-12-9-15;/h5-6,8,13-14H,7,9-12H2,1-4H3,(H2,20,21,22);1H. The van der Waals surface area contributed by atoms with Crippen molar-refractivity contribution in [3.05, 3.63) is 35.4 Å². The Hall–Kier alpha value is -1.48. The van der Waals surface area contributed by atoms with Crippen LogP contribution in [0.25, 0.3) is 0 Å². The molecule has 2 N–H and O–H groups in total. The first-order valence-electron chi connectivity index (χ1n) is 8.62. The van der Waals surface area contributed by atoms with Gasteiger partial charge in [0.2, 0.25) is 0 Å². The average Bonchev–Trinajstić information content (AvgIpc) is 2.67. The van der Waals surface area contributed by atoms with Crippen molar-refractivity contribution in [2.45, 2.75) is 25.8 Å². The van der Waals surface area contributed by atoms with Crippen LogP contribution in [0.4, 0.5) is 0 Å². The van der Waals surface area contributed by atoms with E-state index in [2.05, 4.69) is 28.6 Å². The van der Waals surface area contributed by atoms with Crippen molar-refractivity contribution in [1.29, 1.82) is 0 Å². The molecule has 0 bridgehead atoms. The number of rotatable bonds is 7. The van der Waals surface area contributed by atoms with Crippen LogP contribution in [0.1, 0.15) is 31.4 Å². The summed E-state index contributed by atoms with van der Waals surface area (Å²) in [7, 11) is 5.11. The van der Waals surface area contributed by atoms with Crippen molar-refractivity contribution >= 4 is 29.9 Å². The van der Waals surface area contributed by atoms with Crippen LogP contribution in [0.2, 0.25) is 0 Å². The normalized spacial score (nSPS) is 15.4. The van der Waals surface area contributed by atoms with E-state index in [0.717, 1.165) is 55.6 Å². The number of hydrogen-bond donors (Lipinski definition) is 2. The molecule has 0 fully saturated rings. The van der Waals surface area contributed by atoms with E-state index >= 15 is 0 Å². The molecule has 7 heteroatoms. The van der Waals surface area contributed by atoms with E-state index in [1.165, 1.54) is 5.57 Å². The molecule has 1 heterocycles. The molecular weight excluding hydrogens is 445 g/mol. The highest BCUT2D eigenvalue weighted by Crippen LogP contribution is 2.29. The van der Waals surface area contributed by atoms with Gasteiger partial charge in [0.1, 0.15) is 11.5 Å². The van der Waals surface area contributed by atoms with Crippen molar-refractivity contribution in [3.63, 3.8) is 0 Å². The van der Waals surface area contributed by atoms with Gasteiger partial charge in [0.25, 0.3) is 0 Å². The Bertz CT molecular complexity index is 620. The third-order valence-electron chi connectivity index (χ3n) is 4.28. The molecule has 1 aliphatic heterocycles. The van der Waals surface area contributed by atoms with Crippen molar-refractivity contribution in [2.24, 2.45) is 4.99 Å². The maximum atomic E-state index is 5.47. The van der Waals surface area contributed by atoms with E-state index in [1.807, 2.05) is 18.2 Å². The Kier molecular flexibility index (Phi) is 10.4. The predicted octanol–water partition coefficient (Wildman–Crippen LogP) is 3.28. The van der Waals surface area contributed by atoms with Crippen LogP contribution in [-0.2, 0) is 4.74 Å². The number of ether oxygens (including phenoxy) is 3. The van der Waals surface area contributed by atoms with Crippen LogP contribution in [0.5, 0.6) is 11.5 Å². The molecule has 0 radical (unpaired) electrons. The van der Waals surface area contributed by atoms with Crippen LogP contribution >= 0.6 is 24.0 Å². The minimum Gasteiger partial charge on any atom is -0.497 e. The lowest BCUT2D eigenvalue weighted by molar-refractivity contribution is 0.153. The summed E-state index contributed by atoms with van der Waals surface area (Å²) in [6.45, 7) is 4.47. The summed E-state index contributed by atoms with van der Waals surface area (Å²) in [5.41, 5.74) is 2.47. The minimum atomic E-state index is 0. The van der Waals surface area contributed by atoms with Gasteiger partial charge >= 0.3 is 0 Å². The molecule has 0 amide bonds. The first-order chi connectivity index (χ1) is 12.2. The Morgan fingerprint density at radius 3 is 2.73 bits per heavy atom. The van der Waals surface area contributed by atoms with Gasteiger partial charge in [-0.2, -0.15) is 0 Å². The quantitative estimate of drug-likeness (QED) is 0.274. The zero-order chi connectivity index (χ0) is 18.1. The molecule has 0 aromatic heterocycles. The van der Waals surface area contributed by atoms with E-state index < -0.39 is 0 Å². The maximum Gasteiger partial charge on any atom is 0.191 e. The summed E-state index contributed by atoms with van der Waals surface area (Å²) in [6.07, 6.45) is 4.19. The molecule has 2 rings (SSSR count). The molecule has 0 saturated carbocycles. The number of benzene rings is 1. The molecule has 146 valence electrons. The molecule has 1 atom stereocenters. The van der Waals surface area contributed by atoms with Gasteiger partial charge in [-0.25, -0.2) is 0 Å². The van der Waals surface area contributed by atoms with Crippen LogP contribution in [0.15, 0.2) is 34.8 Å². The molecular formula is C19H30IN3O3. The molecule has 6 nitrogen and oxygen atoms in total. The summed E-state index contributed by atoms with van der Waals surface area (Å²) in [4.78, 5) is 4.31. The van der Waals surface area contributed by atoms with E-state index in [1.54, 1.807) is 21.3 Å². The maximum absolute atomic E-state index is 5.47. The first kappa shape index (κ1) is 22.6. The van der Waals surface area contributed by atoms with Gasteiger partial charge in [-0.1, -0.05) is 11.6 Å². The number of nitrogens with zero attached hydrogens (tertiary/aromatic N) is 1.